The number of anilines is 1. The minimum atomic E-state index is -0.455. The van der Waals surface area contributed by atoms with Gasteiger partial charge in [0.2, 0.25) is 0 Å². The smallest absolute Gasteiger partial charge is 0.250 e. The molecule has 0 saturated heterocycles. The Labute approximate surface area is 122 Å². The van der Waals surface area contributed by atoms with Crippen molar-refractivity contribution in [1.82, 2.24) is 4.98 Å². The van der Waals surface area contributed by atoms with Gasteiger partial charge in [0.25, 0.3) is 5.91 Å². The largest absolute Gasteiger partial charge is 0.399 e. The van der Waals surface area contributed by atoms with E-state index in [9.17, 15) is 4.79 Å². The van der Waals surface area contributed by atoms with Crippen molar-refractivity contribution >= 4 is 28.1 Å². The quantitative estimate of drug-likeness (QED) is 0.643. The fourth-order valence-corrected chi connectivity index (χ4v) is 2.51. The molecule has 2 aromatic carbocycles. The summed E-state index contributed by atoms with van der Waals surface area (Å²) in [4.78, 5) is 14.5. The van der Waals surface area contributed by atoms with Crippen LogP contribution in [0.4, 0.5) is 5.69 Å². The number of nitrogens with one attached hydrogen (secondary N) is 1. The Morgan fingerprint density at radius 3 is 2.57 bits per heavy atom. The summed E-state index contributed by atoms with van der Waals surface area (Å²) >= 11 is 0. The van der Waals surface area contributed by atoms with E-state index < -0.39 is 5.91 Å². The maximum absolute atomic E-state index is 11.5. The Balaban J connectivity index is 2.18. The average molecular weight is 277 g/mol. The number of nitrogen functional groups attached to an aromatic ring is 1. The van der Waals surface area contributed by atoms with Crippen LogP contribution >= 0.6 is 0 Å². The fourth-order valence-electron chi connectivity index (χ4n) is 2.51. The van der Waals surface area contributed by atoms with E-state index in [2.05, 4.69) is 11.6 Å². The molecule has 0 bridgehead atoms. The number of primary amides is 1. The number of aromatic nitrogens is 1. The topological polar surface area (TPSA) is 84.9 Å². The number of hydrogen-bond donors (Lipinski definition) is 3. The second-order valence-corrected chi connectivity index (χ2v) is 4.90. The molecule has 1 heterocycles. The number of H-pyrrole nitrogens is 1. The van der Waals surface area contributed by atoms with E-state index >= 15 is 0 Å². The first-order valence-electron chi connectivity index (χ1n) is 6.53. The SMILES string of the molecule is C=C(c1cccc(N)c1)c1ccc(C(N)=O)c2[nH]ccc12. The minimum absolute atomic E-state index is 0.455. The summed E-state index contributed by atoms with van der Waals surface area (Å²) in [7, 11) is 0. The lowest BCUT2D eigenvalue weighted by molar-refractivity contribution is 0.100. The maximum atomic E-state index is 11.5. The Morgan fingerprint density at radius 1 is 1.10 bits per heavy atom. The maximum Gasteiger partial charge on any atom is 0.250 e. The second kappa shape index (κ2) is 4.83. The normalized spacial score (nSPS) is 10.7. The lowest BCUT2D eigenvalue weighted by Gasteiger charge is -2.10. The van der Waals surface area contributed by atoms with E-state index in [4.69, 9.17) is 11.5 Å². The van der Waals surface area contributed by atoms with Crippen LogP contribution in [-0.2, 0) is 0 Å². The molecule has 0 unspecified atom stereocenters. The van der Waals surface area contributed by atoms with E-state index in [-0.39, 0.29) is 0 Å². The van der Waals surface area contributed by atoms with E-state index in [1.54, 1.807) is 12.3 Å². The summed E-state index contributed by atoms with van der Waals surface area (Å²) in [5.41, 5.74) is 15.9. The van der Waals surface area contributed by atoms with E-state index in [1.807, 2.05) is 36.4 Å². The van der Waals surface area contributed by atoms with E-state index in [1.165, 1.54) is 0 Å². The third-order valence-electron chi connectivity index (χ3n) is 3.55. The summed E-state index contributed by atoms with van der Waals surface area (Å²) in [6, 6.07) is 13.0. The Morgan fingerprint density at radius 2 is 1.86 bits per heavy atom. The molecule has 3 rings (SSSR count). The van der Waals surface area contributed by atoms with Gasteiger partial charge in [-0.15, -0.1) is 0 Å². The highest BCUT2D eigenvalue weighted by Crippen LogP contribution is 2.30. The van der Waals surface area contributed by atoms with Crippen LogP contribution in [0.25, 0.3) is 16.5 Å². The van der Waals surface area contributed by atoms with Crippen molar-refractivity contribution in [2.24, 2.45) is 5.73 Å². The first-order chi connectivity index (χ1) is 10.1. The molecule has 4 heteroatoms. The van der Waals surface area contributed by atoms with Crippen molar-refractivity contribution < 1.29 is 4.79 Å². The average Bonchev–Trinajstić information content (AvgIpc) is 2.94. The Kier molecular flexibility index (Phi) is 2.99. The molecule has 21 heavy (non-hydrogen) atoms. The van der Waals surface area contributed by atoms with Crippen molar-refractivity contribution in [3.05, 3.63) is 71.9 Å². The predicted octanol–water partition coefficient (Wildman–Crippen LogP) is 2.91. The van der Waals surface area contributed by atoms with Crippen LogP contribution in [0.3, 0.4) is 0 Å². The standard InChI is InChI=1S/C17H15N3O/c1-10(11-3-2-4-12(18)9-11)13-5-6-15(17(19)21)16-14(13)7-8-20-16/h2-9,20H,1,18H2,(H2,19,21). The van der Waals surface area contributed by atoms with Crippen LogP contribution in [0, 0.1) is 0 Å². The highest BCUT2D eigenvalue weighted by Gasteiger charge is 2.13. The molecular weight excluding hydrogens is 262 g/mol. The van der Waals surface area contributed by atoms with Gasteiger partial charge in [-0.2, -0.15) is 0 Å². The van der Waals surface area contributed by atoms with Gasteiger partial charge in [0.15, 0.2) is 0 Å². The Hall–Kier alpha value is -3.01. The van der Waals surface area contributed by atoms with Crippen LogP contribution in [0.1, 0.15) is 21.5 Å². The molecule has 0 atom stereocenters. The summed E-state index contributed by atoms with van der Waals surface area (Å²) < 4.78 is 0. The highest BCUT2D eigenvalue weighted by molar-refractivity contribution is 6.08. The first-order valence-corrected chi connectivity index (χ1v) is 6.53. The van der Waals surface area contributed by atoms with Crippen molar-refractivity contribution in [2.75, 3.05) is 5.73 Å². The van der Waals surface area contributed by atoms with Gasteiger partial charge in [-0.3, -0.25) is 4.79 Å². The number of benzene rings is 2. The van der Waals surface area contributed by atoms with Gasteiger partial charge < -0.3 is 16.5 Å². The van der Waals surface area contributed by atoms with Gasteiger partial charge in [-0.1, -0.05) is 24.8 Å². The molecular formula is C17H15N3O. The fraction of sp³-hybridized carbons (Fsp3) is 0. The third kappa shape index (κ3) is 2.17. The van der Waals surface area contributed by atoms with Crippen molar-refractivity contribution in [3.8, 4) is 0 Å². The molecule has 3 aromatic rings. The monoisotopic (exact) mass is 277 g/mol. The van der Waals surface area contributed by atoms with E-state index in [0.717, 1.165) is 27.6 Å². The van der Waals surface area contributed by atoms with Gasteiger partial charge in [0, 0.05) is 17.3 Å². The Bertz CT molecular complexity index is 861. The molecule has 0 fully saturated rings. The predicted molar refractivity (Wildman–Crippen MR) is 85.8 cm³/mol. The number of carbonyl (C=O) groups is 1. The van der Waals surface area contributed by atoms with E-state index in [0.29, 0.717) is 11.3 Å². The van der Waals surface area contributed by atoms with Gasteiger partial charge in [-0.05, 0) is 41.0 Å². The number of aromatic amines is 1. The van der Waals surface area contributed by atoms with Gasteiger partial charge in [0.1, 0.15) is 0 Å². The van der Waals surface area contributed by atoms with Crippen LogP contribution in [0.2, 0.25) is 0 Å². The number of rotatable bonds is 3. The summed E-state index contributed by atoms with van der Waals surface area (Å²) in [5, 5.41) is 0.915. The van der Waals surface area contributed by atoms with Crippen LogP contribution in [0.5, 0.6) is 0 Å². The van der Waals surface area contributed by atoms with Crippen LogP contribution < -0.4 is 11.5 Å². The molecule has 0 radical (unpaired) electrons. The number of amides is 1. The molecule has 1 aromatic heterocycles. The summed E-state index contributed by atoms with van der Waals surface area (Å²) in [6.07, 6.45) is 1.78. The second-order valence-electron chi connectivity index (χ2n) is 4.90. The zero-order chi connectivity index (χ0) is 15.0. The van der Waals surface area contributed by atoms with Gasteiger partial charge >= 0.3 is 0 Å². The molecule has 104 valence electrons. The third-order valence-corrected chi connectivity index (χ3v) is 3.55. The number of hydrogen-bond acceptors (Lipinski definition) is 2. The number of nitrogens with two attached hydrogens (primary N) is 2. The minimum Gasteiger partial charge on any atom is -0.399 e. The molecule has 4 nitrogen and oxygen atoms in total. The number of fused-ring (bicyclic) bond motifs is 1. The zero-order valence-corrected chi connectivity index (χ0v) is 11.4. The molecule has 0 aliphatic heterocycles. The molecule has 0 saturated carbocycles. The molecule has 0 spiro atoms. The summed E-state index contributed by atoms with van der Waals surface area (Å²) in [6.45, 7) is 4.15. The molecule has 1 amide bonds. The highest BCUT2D eigenvalue weighted by atomic mass is 16.1. The summed E-state index contributed by atoms with van der Waals surface area (Å²) in [5.74, 6) is -0.455. The molecule has 0 aliphatic rings. The molecule has 5 N–H and O–H groups in total. The lowest BCUT2D eigenvalue weighted by Crippen LogP contribution is -2.11. The zero-order valence-electron chi connectivity index (χ0n) is 11.4. The van der Waals surface area contributed by atoms with Crippen LogP contribution in [0.15, 0.2) is 55.2 Å². The van der Waals surface area contributed by atoms with Crippen molar-refractivity contribution in [2.45, 2.75) is 0 Å². The molecule has 0 aliphatic carbocycles. The van der Waals surface area contributed by atoms with Gasteiger partial charge in [0.05, 0.1) is 11.1 Å². The van der Waals surface area contributed by atoms with Crippen LogP contribution in [-0.4, -0.2) is 10.9 Å². The lowest BCUT2D eigenvalue weighted by atomic mass is 9.95. The first kappa shape index (κ1) is 13.0. The number of carbonyl (C=O) groups excluding carboxylic acids is 1. The van der Waals surface area contributed by atoms with Crippen molar-refractivity contribution in [1.29, 1.82) is 0 Å². The van der Waals surface area contributed by atoms with Crippen molar-refractivity contribution in [3.63, 3.8) is 0 Å². The van der Waals surface area contributed by atoms with Gasteiger partial charge in [-0.25, -0.2) is 0 Å².